The number of carbonyl (C=O) groups excluding carboxylic acids is 1. The molecule has 1 saturated carbocycles. The number of aryl methyl sites for hydroxylation is 1. The first-order chi connectivity index (χ1) is 11.1. The fourth-order valence-electron chi connectivity index (χ4n) is 3.43. The Hall–Kier alpha value is -1.89. The van der Waals surface area contributed by atoms with Gasteiger partial charge >= 0.3 is 6.18 Å². The topological polar surface area (TPSA) is 52.9 Å². The summed E-state index contributed by atoms with van der Waals surface area (Å²) in [5.74, 6) is -2.10. The number of carbonyl (C=O) groups is 1. The zero-order chi connectivity index (χ0) is 17.7. The van der Waals surface area contributed by atoms with Crippen LogP contribution in [0.4, 0.5) is 13.2 Å². The van der Waals surface area contributed by atoms with Gasteiger partial charge in [0, 0.05) is 11.3 Å². The van der Waals surface area contributed by atoms with Gasteiger partial charge in [-0.15, -0.1) is 0 Å². The molecule has 130 valence electrons. The van der Waals surface area contributed by atoms with Crippen LogP contribution in [0, 0.1) is 18.8 Å². The second kappa shape index (κ2) is 5.58. The predicted molar refractivity (Wildman–Crippen MR) is 82.3 cm³/mol. The Bertz CT molecular complexity index is 684. The molecule has 24 heavy (non-hydrogen) atoms. The molecule has 3 atom stereocenters. The molecule has 4 nitrogen and oxygen atoms in total. The van der Waals surface area contributed by atoms with Gasteiger partial charge in [0.15, 0.2) is 0 Å². The number of benzene rings is 1. The molecule has 1 amide bonds. The SMILES string of the molecule is Cc1ccc(C(=O)N2N=C3CC[C@@H](C)C[C@@H]3[C@@]2(O)C(F)(F)F)cc1. The quantitative estimate of drug-likeness (QED) is 0.851. The maximum absolute atomic E-state index is 13.7. The largest absolute Gasteiger partial charge is 0.439 e. The molecule has 2 aliphatic rings. The zero-order valence-corrected chi connectivity index (χ0v) is 13.5. The Morgan fingerprint density at radius 1 is 1.33 bits per heavy atom. The van der Waals surface area contributed by atoms with Gasteiger partial charge in [-0.25, -0.2) is 0 Å². The average Bonchev–Trinajstić information content (AvgIpc) is 2.81. The number of fused-ring (bicyclic) bond motifs is 1. The molecular formula is C17H19F3N2O2. The Morgan fingerprint density at radius 3 is 2.54 bits per heavy atom. The Morgan fingerprint density at radius 2 is 1.96 bits per heavy atom. The molecule has 1 heterocycles. The van der Waals surface area contributed by atoms with Gasteiger partial charge in [0.25, 0.3) is 11.6 Å². The summed E-state index contributed by atoms with van der Waals surface area (Å²) in [6, 6.07) is 6.16. The van der Waals surface area contributed by atoms with E-state index >= 15 is 0 Å². The number of aliphatic hydroxyl groups is 1. The number of halogens is 3. The van der Waals surface area contributed by atoms with Gasteiger partial charge in [0.2, 0.25) is 0 Å². The molecule has 1 aliphatic carbocycles. The van der Waals surface area contributed by atoms with Crippen LogP contribution in [-0.4, -0.2) is 33.6 Å². The van der Waals surface area contributed by atoms with Crippen LogP contribution in [0.2, 0.25) is 0 Å². The fraction of sp³-hybridized carbons (Fsp3) is 0.529. The van der Waals surface area contributed by atoms with Crippen molar-refractivity contribution in [2.75, 3.05) is 0 Å². The van der Waals surface area contributed by atoms with Crippen molar-refractivity contribution in [1.82, 2.24) is 5.01 Å². The fourth-order valence-corrected chi connectivity index (χ4v) is 3.43. The highest BCUT2D eigenvalue weighted by atomic mass is 19.4. The molecular weight excluding hydrogens is 321 g/mol. The molecule has 1 aliphatic heterocycles. The molecule has 3 rings (SSSR count). The lowest BCUT2D eigenvalue weighted by Gasteiger charge is -2.39. The van der Waals surface area contributed by atoms with Gasteiger partial charge in [-0.05, 0) is 44.2 Å². The van der Waals surface area contributed by atoms with E-state index in [2.05, 4.69) is 5.10 Å². The van der Waals surface area contributed by atoms with E-state index in [1.54, 1.807) is 12.1 Å². The van der Waals surface area contributed by atoms with Gasteiger partial charge < -0.3 is 5.11 Å². The first kappa shape index (κ1) is 17.0. The first-order valence-corrected chi connectivity index (χ1v) is 7.92. The molecule has 0 spiro atoms. The molecule has 0 saturated heterocycles. The van der Waals surface area contributed by atoms with Gasteiger partial charge in [-0.3, -0.25) is 4.79 Å². The summed E-state index contributed by atoms with van der Waals surface area (Å²) in [5, 5.41) is 14.7. The molecule has 0 radical (unpaired) electrons. The van der Waals surface area contributed by atoms with Crippen molar-refractivity contribution in [1.29, 1.82) is 0 Å². The van der Waals surface area contributed by atoms with Crippen LogP contribution in [0.3, 0.4) is 0 Å². The second-order valence-corrected chi connectivity index (χ2v) is 6.73. The third-order valence-corrected chi connectivity index (χ3v) is 4.88. The van der Waals surface area contributed by atoms with Crippen LogP contribution < -0.4 is 0 Å². The number of hydrogen-bond acceptors (Lipinski definition) is 3. The maximum atomic E-state index is 13.7. The van der Waals surface area contributed by atoms with Crippen LogP contribution >= 0.6 is 0 Å². The van der Waals surface area contributed by atoms with E-state index in [-0.39, 0.29) is 28.6 Å². The van der Waals surface area contributed by atoms with Crippen LogP contribution in [0.1, 0.15) is 42.1 Å². The molecule has 1 aromatic carbocycles. The number of nitrogens with zero attached hydrogens (tertiary/aromatic N) is 2. The molecule has 1 fully saturated rings. The Labute approximate surface area is 138 Å². The van der Waals surface area contributed by atoms with E-state index in [4.69, 9.17) is 0 Å². The summed E-state index contributed by atoms with van der Waals surface area (Å²) in [6.45, 7) is 3.66. The van der Waals surface area contributed by atoms with E-state index in [0.717, 1.165) is 5.56 Å². The van der Waals surface area contributed by atoms with Crippen molar-refractivity contribution >= 4 is 11.6 Å². The van der Waals surface area contributed by atoms with E-state index in [1.807, 2.05) is 13.8 Å². The van der Waals surface area contributed by atoms with Crippen LogP contribution in [0.15, 0.2) is 29.4 Å². The van der Waals surface area contributed by atoms with E-state index in [0.29, 0.717) is 12.8 Å². The highest BCUT2D eigenvalue weighted by Crippen LogP contribution is 2.49. The van der Waals surface area contributed by atoms with Gasteiger partial charge in [-0.2, -0.15) is 23.3 Å². The van der Waals surface area contributed by atoms with Gasteiger partial charge in [0.1, 0.15) is 0 Å². The Kier molecular flexibility index (Phi) is 3.94. The number of amides is 1. The highest BCUT2D eigenvalue weighted by molar-refractivity contribution is 5.99. The second-order valence-electron chi connectivity index (χ2n) is 6.73. The van der Waals surface area contributed by atoms with Crippen molar-refractivity contribution in [3.05, 3.63) is 35.4 Å². The monoisotopic (exact) mass is 340 g/mol. The summed E-state index contributed by atoms with van der Waals surface area (Å²) in [4.78, 5) is 12.6. The van der Waals surface area contributed by atoms with E-state index in [9.17, 15) is 23.1 Å². The van der Waals surface area contributed by atoms with Crippen LogP contribution in [-0.2, 0) is 0 Å². The minimum Gasteiger partial charge on any atom is -0.362 e. The van der Waals surface area contributed by atoms with Crippen molar-refractivity contribution in [2.24, 2.45) is 16.9 Å². The van der Waals surface area contributed by atoms with E-state index in [1.165, 1.54) is 12.1 Å². The third kappa shape index (κ3) is 2.51. The number of hydrazone groups is 1. The normalized spacial score (nSPS) is 30.1. The molecule has 0 bridgehead atoms. The zero-order valence-electron chi connectivity index (χ0n) is 13.5. The first-order valence-electron chi connectivity index (χ1n) is 7.92. The summed E-state index contributed by atoms with van der Waals surface area (Å²) in [5.41, 5.74) is -2.07. The Balaban J connectivity index is 2.03. The number of alkyl halides is 3. The molecule has 0 unspecified atom stereocenters. The van der Waals surface area contributed by atoms with Crippen LogP contribution in [0.25, 0.3) is 0 Å². The predicted octanol–water partition coefficient (Wildman–Crippen LogP) is 3.49. The van der Waals surface area contributed by atoms with Crippen molar-refractivity contribution in [2.45, 2.75) is 45.0 Å². The lowest BCUT2D eigenvalue weighted by molar-refractivity contribution is -0.313. The van der Waals surface area contributed by atoms with Gasteiger partial charge in [0.05, 0.1) is 5.92 Å². The average molecular weight is 340 g/mol. The van der Waals surface area contributed by atoms with Crippen LogP contribution in [0.5, 0.6) is 0 Å². The molecule has 0 aromatic heterocycles. The van der Waals surface area contributed by atoms with E-state index < -0.39 is 23.7 Å². The lowest BCUT2D eigenvalue weighted by Crippen LogP contribution is -2.61. The van der Waals surface area contributed by atoms with Gasteiger partial charge in [-0.1, -0.05) is 24.6 Å². The summed E-state index contributed by atoms with van der Waals surface area (Å²) in [7, 11) is 0. The van der Waals surface area contributed by atoms with Crippen molar-refractivity contribution < 1.29 is 23.1 Å². The maximum Gasteiger partial charge on any atom is 0.439 e. The van der Waals surface area contributed by atoms with Crippen molar-refractivity contribution in [3.8, 4) is 0 Å². The molecule has 1 aromatic rings. The highest BCUT2D eigenvalue weighted by Gasteiger charge is 2.68. The molecule has 1 N–H and O–H groups in total. The number of rotatable bonds is 1. The number of hydrogen-bond donors (Lipinski definition) is 1. The summed E-state index contributed by atoms with van der Waals surface area (Å²) in [6.07, 6.45) is -3.76. The smallest absolute Gasteiger partial charge is 0.362 e. The standard InChI is InChI=1S/C17H19F3N2O2/c1-10-3-6-12(7-4-10)15(23)22-16(24,17(18,19)20)13-9-11(2)5-8-14(13)21-22/h3-4,6-7,11,13,24H,5,8-9H2,1-2H3/t11-,13+,16-/m1/s1. The minimum absolute atomic E-state index is 0.0391. The lowest BCUT2D eigenvalue weighted by atomic mass is 9.76. The summed E-state index contributed by atoms with van der Waals surface area (Å²) >= 11 is 0. The van der Waals surface area contributed by atoms with Crippen molar-refractivity contribution in [3.63, 3.8) is 0 Å². The minimum atomic E-state index is -4.99. The summed E-state index contributed by atoms with van der Waals surface area (Å²) < 4.78 is 41.1. The molecule has 7 heteroatoms. The third-order valence-electron chi connectivity index (χ3n) is 4.88.